The van der Waals surface area contributed by atoms with E-state index in [1.165, 1.54) is 0 Å². The molecule has 1 fully saturated rings. The summed E-state index contributed by atoms with van der Waals surface area (Å²) in [6, 6.07) is -0.562. The van der Waals surface area contributed by atoms with Gasteiger partial charge in [0, 0.05) is 6.54 Å². The lowest BCUT2D eigenvalue weighted by molar-refractivity contribution is 0.204. The van der Waals surface area contributed by atoms with Crippen molar-refractivity contribution in [3.8, 4) is 0 Å². The molecule has 10 heavy (non-hydrogen) atoms. The second-order valence-electron chi connectivity index (χ2n) is 2.03. The lowest BCUT2D eigenvalue weighted by Gasteiger charge is -2.12. The molecule has 4 N–H and O–H groups in total. The van der Waals surface area contributed by atoms with Gasteiger partial charge >= 0.3 is 6.03 Å². The number of hydrogen-bond acceptors (Lipinski definition) is 3. The molecule has 58 valence electrons. The molecule has 1 saturated heterocycles. The van der Waals surface area contributed by atoms with Crippen molar-refractivity contribution < 1.29 is 4.79 Å². The Morgan fingerprint density at radius 3 is 3.00 bits per heavy atom. The number of nitrogens with one attached hydrogen (secondary N) is 2. The van der Waals surface area contributed by atoms with Crippen LogP contribution in [0.3, 0.4) is 0 Å². The maximum absolute atomic E-state index is 10.3. The van der Waals surface area contributed by atoms with E-state index in [1.54, 1.807) is 5.01 Å². The zero-order valence-electron chi connectivity index (χ0n) is 5.30. The van der Waals surface area contributed by atoms with Gasteiger partial charge in [-0.25, -0.2) is 9.80 Å². The predicted molar refractivity (Wildman–Crippen MR) is 37.1 cm³/mol. The van der Waals surface area contributed by atoms with Gasteiger partial charge in [-0.1, -0.05) is 0 Å². The minimum atomic E-state index is -0.562. The van der Waals surface area contributed by atoms with E-state index in [1.807, 2.05) is 0 Å². The molecule has 5 nitrogen and oxygen atoms in total. The molecular formula is C4H9ClN4O. The third-order valence-electron chi connectivity index (χ3n) is 1.15. The highest BCUT2D eigenvalue weighted by molar-refractivity contribution is 6.20. The number of alkyl halides is 1. The van der Waals surface area contributed by atoms with E-state index < -0.39 is 6.03 Å². The maximum atomic E-state index is 10.3. The first-order valence-corrected chi connectivity index (χ1v) is 3.30. The van der Waals surface area contributed by atoms with Crippen LogP contribution >= 0.6 is 11.6 Å². The van der Waals surface area contributed by atoms with E-state index in [0.29, 0.717) is 13.2 Å². The van der Waals surface area contributed by atoms with Crippen LogP contribution in [0.15, 0.2) is 0 Å². The van der Waals surface area contributed by atoms with Gasteiger partial charge in [-0.2, -0.15) is 0 Å². The summed E-state index contributed by atoms with van der Waals surface area (Å²) in [4.78, 5) is 10.3. The molecule has 0 aliphatic carbocycles. The second kappa shape index (κ2) is 3.05. The van der Waals surface area contributed by atoms with Gasteiger partial charge in [0.05, 0.1) is 12.2 Å². The first-order valence-electron chi connectivity index (χ1n) is 2.87. The topological polar surface area (TPSA) is 70.4 Å². The third-order valence-corrected chi connectivity index (χ3v) is 1.44. The monoisotopic (exact) mass is 164 g/mol. The van der Waals surface area contributed by atoms with E-state index in [-0.39, 0.29) is 5.50 Å². The van der Waals surface area contributed by atoms with Gasteiger partial charge in [0.1, 0.15) is 0 Å². The van der Waals surface area contributed by atoms with Crippen molar-refractivity contribution in [2.45, 2.75) is 5.50 Å². The number of nitrogens with two attached hydrogens (primary N) is 1. The lowest BCUT2D eigenvalue weighted by atomic mass is 10.7. The van der Waals surface area contributed by atoms with Crippen LogP contribution in [0.2, 0.25) is 0 Å². The molecule has 0 aromatic heterocycles. The number of rotatable bonds is 1. The first kappa shape index (κ1) is 7.59. The molecule has 1 heterocycles. The van der Waals surface area contributed by atoms with Crippen LogP contribution in [0.1, 0.15) is 0 Å². The van der Waals surface area contributed by atoms with Crippen molar-refractivity contribution >= 4 is 17.6 Å². The molecule has 2 amide bonds. The quantitative estimate of drug-likeness (QED) is 0.344. The van der Waals surface area contributed by atoms with Crippen molar-refractivity contribution in [2.75, 3.05) is 13.2 Å². The first-order chi connectivity index (χ1) is 4.68. The van der Waals surface area contributed by atoms with Crippen LogP contribution in [0, 0.1) is 0 Å². The fraction of sp³-hybridized carbons (Fsp3) is 0.750. The Morgan fingerprint density at radius 1 is 1.90 bits per heavy atom. The van der Waals surface area contributed by atoms with Crippen LogP contribution in [0.25, 0.3) is 0 Å². The van der Waals surface area contributed by atoms with Crippen LogP contribution in [0.4, 0.5) is 4.79 Å². The van der Waals surface area contributed by atoms with Crippen LogP contribution in [0.5, 0.6) is 0 Å². The van der Waals surface area contributed by atoms with Crippen molar-refractivity contribution in [1.29, 1.82) is 0 Å². The molecule has 1 aliphatic rings. The Balaban J connectivity index is 2.24. The van der Waals surface area contributed by atoms with E-state index in [2.05, 4.69) is 10.7 Å². The molecule has 6 heteroatoms. The summed E-state index contributed by atoms with van der Waals surface area (Å²) in [5, 5.41) is 4.51. The number of primary amides is 1. The minimum absolute atomic E-state index is 0.105. The molecule has 0 bridgehead atoms. The van der Waals surface area contributed by atoms with Crippen molar-refractivity contribution in [2.24, 2.45) is 5.73 Å². The Morgan fingerprint density at radius 2 is 2.60 bits per heavy atom. The zero-order chi connectivity index (χ0) is 7.56. The van der Waals surface area contributed by atoms with E-state index >= 15 is 0 Å². The molecule has 1 aliphatic heterocycles. The number of amides is 2. The third kappa shape index (κ3) is 2.02. The molecule has 0 aromatic rings. The zero-order valence-corrected chi connectivity index (χ0v) is 6.06. The van der Waals surface area contributed by atoms with Crippen molar-refractivity contribution in [3.63, 3.8) is 0 Å². The minimum Gasteiger partial charge on any atom is -0.351 e. The van der Waals surface area contributed by atoms with Crippen LogP contribution in [-0.4, -0.2) is 29.8 Å². The van der Waals surface area contributed by atoms with Crippen molar-refractivity contribution in [1.82, 2.24) is 15.8 Å². The molecular weight excluding hydrogens is 156 g/mol. The maximum Gasteiger partial charge on any atom is 0.326 e. The molecule has 1 rings (SSSR count). The molecule has 1 unspecified atom stereocenters. The fourth-order valence-corrected chi connectivity index (χ4v) is 1.01. The summed E-state index contributed by atoms with van der Waals surface area (Å²) < 4.78 is 0. The molecule has 0 spiro atoms. The standard InChI is InChI=1S/C4H9ClN4O/c5-3-1-9(2-7-3)8-4(6)10/h3,7H,1-2H2,(H3,6,8,10). The molecule has 0 radical (unpaired) electrons. The highest BCUT2D eigenvalue weighted by Crippen LogP contribution is 2.00. The second-order valence-corrected chi connectivity index (χ2v) is 2.56. The number of carbonyl (C=O) groups is 1. The highest BCUT2D eigenvalue weighted by Gasteiger charge is 2.19. The number of hydrogen-bond donors (Lipinski definition) is 3. The van der Waals surface area contributed by atoms with Gasteiger partial charge in [0.25, 0.3) is 0 Å². The summed E-state index contributed by atoms with van der Waals surface area (Å²) in [5.41, 5.74) is 7.15. The van der Waals surface area contributed by atoms with Gasteiger partial charge in [-0.15, -0.1) is 11.6 Å². The Hall–Kier alpha value is -0.520. The Labute approximate surface area is 63.5 Å². The Bertz CT molecular complexity index is 141. The fourth-order valence-electron chi connectivity index (χ4n) is 0.773. The van der Waals surface area contributed by atoms with E-state index in [4.69, 9.17) is 17.3 Å². The van der Waals surface area contributed by atoms with Gasteiger partial charge < -0.3 is 5.73 Å². The van der Waals surface area contributed by atoms with Gasteiger partial charge in [-0.3, -0.25) is 10.7 Å². The summed E-state index contributed by atoms with van der Waals surface area (Å²) >= 11 is 5.65. The molecule has 1 atom stereocenters. The number of hydrazine groups is 1. The van der Waals surface area contributed by atoms with Crippen LogP contribution < -0.4 is 16.5 Å². The summed E-state index contributed by atoms with van der Waals surface area (Å²) in [5.74, 6) is 0. The van der Waals surface area contributed by atoms with E-state index in [9.17, 15) is 4.79 Å². The molecule has 0 aromatic carbocycles. The smallest absolute Gasteiger partial charge is 0.326 e. The van der Waals surface area contributed by atoms with Crippen LogP contribution in [-0.2, 0) is 0 Å². The summed E-state index contributed by atoms with van der Waals surface area (Å²) in [7, 11) is 0. The summed E-state index contributed by atoms with van der Waals surface area (Å²) in [6.45, 7) is 1.11. The van der Waals surface area contributed by atoms with Gasteiger partial charge in [0.2, 0.25) is 0 Å². The summed E-state index contributed by atoms with van der Waals surface area (Å²) in [6.07, 6.45) is 0. The predicted octanol–water partition coefficient (Wildman–Crippen LogP) is -1.00. The number of urea groups is 1. The molecule has 0 saturated carbocycles. The van der Waals surface area contributed by atoms with Gasteiger partial charge in [-0.05, 0) is 0 Å². The Kier molecular flexibility index (Phi) is 2.31. The SMILES string of the molecule is NC(=O)NN1CNC(Cl)C1. The van der Waals surface area contributed by atoms with E-state index in [0.717, 1.165) is 0 Å². The highest BCUT2D eigenvalue weighted by atomic mass is 35.5. The average molecular weight is 165 g/mol. The largest absolute Gasteiger partial charge is 0.351 e. The lowest BCUT2D eigenvalue weighted by Crippen LogP contribution is -2.44. The van der Waals surface area contributed by atoms with Gasteiger partial charge in [0.15, 0.2) is 0 Å². The number of nitrogens with zero attached hydrogens (tertiary/aromatic N) is 1. The average Bonchev–Trinajstić information content (AvgIpc) is 2.13. The number of carbonyl (C=O) groups excluding carboxylic acids is 1. The number of halogens is 1. The van der Waals surface area contributed by atoms with Crippen molar-refractivity contribution in [3.05, 3.63) is 0 Å². The normalized spacial score (nSPS) is 26.7.